The molecule has 0 saturated heterocycles. The van der Waals surface area contributed by atoms with Crippen LogP contribution in [0.3, 0.4) is 0 Å². The fraction of sp³-hybridized carbons (Fsp3) is 0.167. The number of nitrogen functional groups attached to an aromatic ring is 1. The van der Waals surface area contributed by atoms with Crippen molar-refractivity contribution >= 4 is 23.4 Å². The number of anilines is 1. The van der Waals surface area contributed by atoms with E-state index >= 15 is 0 Å². The van der Waals surface area contributed by atoms with Crippen LogP contribution in [0.5, 0.6) is 0 Å². The minimum atomic E-state index is -5.08. The molecule has 1 rings (SSSR count). The molecule has 0 radical (unpaired) electrons. The molecule has 0 unspecified atom stereocenters. The summed E-state index contributed by atoms with van der Waals surface area (Å²) < 4.78 is 31.7. The van der Waals surface area contributed by atoms with Crippen LogP contribution in [0, 0.1) is 0 Å². The lowest BCUT2D eigenvalue weighted by atomic mass is 10.5. The first-order chi connectivity index (χ1) is 6.73. The number of carboxylic acid groups (broad SMARTS) is 1. The normalized spacial score (nSPS) is 10.1. The zero-order chi connectivity index (χ0) is 12.1. The molecular formula is C6H5ClF3N3O2. The molecule has 0 bridgehead atoms. The van der Waals surface area contributed by atoms with E-state index in [1.807, 2.05) is 0 Å². The van der Waals surface area contributed by atoms with Gasteiger partial charge >= 0.3 is 12.1 Å². The lowest BCUT2D eigenvalue weighted by Crippen LogP contribution is -2.21. The van der Waals surface area contributed by atoms with Crippen LogP contribution in [0.2, 0.25) is 5.02 Å². The molecule has 1 heterocycles. The first-order valence-electron chi connectivity index (χ1n) is 3.27. The molecule has 0 aliphatic rings. The van der Waals surface area contributed by atoms with Gasteiger partial charge < -0.3 is 10.8 Å². The Labute approximate surface area is 86.7 Å². The Hall–Kier alpha value is -1.57. The maximum atomic E-state index is 10.6. The summed E-state index contributed by atoms with van der Waals surface area (Å²) in [6.07, 6.45) is -3.65. The average molecular weight is 244 g/mol. The molecule has 0 aliphatic carbocycles. The third-order valence-corrected chi connectivity index (χ3v) is 1.09. The predicted octanol–water partition coefficient (Wildman–Crippen LogP) is 1.35. The van der Waals surface area contributed by atoms with Crippen LogP contribution in [0.1, 0.15) is 0 Å². The van der Waals surface area contributed by atoms with E-state index in [9.17, 15) is 13.2 Å². The molecule has 3 N–H and O–H groups in total. The molecule has 84 valence electrons. The van der Waals surface area contributed by atoms with Gasteiger partial charge in [0.1, 0.15) is 5.82 Å². The third-order valence-electron chi connectivity index (χ3n) is 0.883. The third kappa shape index (κ3) is 6.49. The Kier molecular flexibility index (Phi) is 4.79. The summed E-state index contributed by atoms with van der Waals surface area (Å²) in [6, 6.07) is 1.54. The highest BCUT2D eigenvalue weighted by molar-refractivity contribution is 6.30. The van der Waals surface area contributed by atoms with Crippen LogP contribution < -0.4 is 5.73 Å². The van der Waals surface area contributed by atoms with E-state index in [2.05, 4.69) is 10.2 Å². The molecule has 0 spiro atoms. The van der Waals surface area contributed by atoms with Gasteiger partial charge in [0.05, 0.1) is 11.2 Å². The van der Waals surface area contributed by atoms with Crippen LogP contribution >= 0.6 is 11.6 Å². The smallest absolute Gasteiger partial charge is 0.475 e. The van der Waals surface area contributed by atoms with Crippen molar-refractivity contribution in [2.45, 2.75) is 6.18 Å². The van der Waals surface area contributed by atoms with Crippen molar-refractivity contribution in [3.05, 3.63) is 17.3 Å². The number of nitrogens with zero attached hydrogens (tertiary/aromatic N) is 2. The van der Waals surface area contributed by atoms with Gasteiger partial charge in [-0.15, -0.1) is 5.10 Å². The van der Waals surface area contributed by atoms with E-state index in [4.69, 9.17) is 27.2 Å². The highest BCUT2D eigenvalue weighted by Crippen LogP contribution is 2.13. The molecule has 1 aromatic heterocycles. The SMILES string of the molecule is Nc1cc(Cl)cnn1.O=C(O)C(F)(F)F. The Morgan fingerprint density at radius 3 is 2.20 bits per heavy atom. The highest BCUT2D eigenvalue weighted by atomic mass is 35.5. The largest absolute Gasteiger partial charge is 0.490 e. The van der Waals surface area contributed by atoms with Gasteiger partial charge in [-0.25, -0.2) is 4.79 Å². The standard InChI is InChI=1S/C4H4ClN3.C2HF3O2/c5-3-1-4(6)8-7-2-3;3-2(4,5)1(6)7/h1-2H,(H2,6,8);(H,6,7). The van der Waals surface area contributed by atoms with Gasteiger partial charge in [-0.3, -0.25) is 0 Å². The summed E-state index contributed by atoms with van der Waals surface area (Å²) >= 11 is 5.46. The van der Waals surface area contributed by atoms with E-state index in [0.29, 0.717) is 10.8 Å². The second-order valence-corrected chi connectivity index (χ2v) is 2.54. The lowest BCUT2D eigenvalue weighted by molar-refractivity contribution is -0.192. The summed E-state index contributed by atoms with van der Waals surface area (Å²) in [4.78, 5) is 8.90. The summed E-state index contributed by atoms with van der Waals surface area (Å²) in [6.45, 7) is 0. The van der Waals surface area contributed by atoms with Gasteiger partial charge in [-0.1, -0.05) is 11.6 Å². The van der Waals surface area contributed by atoms with Crippen LogP contribution in [-0.2, 0) is 4.79 Å². The number of halogens is 4. The number of aromatic nitrogens is 2. The average Bonchev–Trinajstić information content (AvgIpc) is 2.02. The minimum absolute atomic E-state index is 0.345. The number of nitrogens with two attached hydrogens (primary N) is 1. The van der Waals surface area contributed by atoms with E-state index in [1.54, 1.807) is 0 Å². The molecule has 0 aromatic carbocycles. The molecular weight excluding hydrogens is 239 g/mol. The lowest BCUT2D eigenvalue weighted by Gasteiger charge is -1.93. The molecule has 1 aromatic rings. The van der Waals surface area contributed by atoms with Gasteiger partial charge in [0.2, 0.25) is 0 Å². The van der Waals surface area contributed by atoms with E-state index in [-0.39, 0.29) is 0 Å². The van der Waals surface area contributed by atoms with Gasteiger partial charge in [0.15, 0.2) is 0 Å². The number of carbonyl (C=O) groups is 1. The van der Waals surface area contributed by atoms with Crippen LogP contribution in [0.4, 0.5) is 19.0 Å². The molecule has 0 saturated carbocycles. The van der Waals surface area contributed by atoms with Crippen molar-refractivity contribution in [3.63, 3.8) is 0 Å². The first-order valence-corrected chi connectivity index (χ1v) is 3.65. The molecule has 0 fully saturated rings. The van der Waals surface area contributed by atoms with E-state index < -0.39 is 12.1 Å². The van der Waals surface area contributed by atoms with Crippen molar-refractivity contribution in [3.8, 4) is 0 Å². The molecule has 0 aliphatic heterocycles. The molecule has 5 nitrogen and oxygen atoms in total. The van der Waals surface area contributed by atoms with Crippen molar-refractivity contribution < 1.29 is 23.1 Å². The Morgan fingerprint density at radius 2 is 2.00 bits per heavy atom. The van der Waals surface area contributed by atoms with Gasteiger partial charge in [0, 0.05) is 6.07 Å². The van der Waals surface area contributed by atoms with Crippen LogP contribution in [-0.4, -0.2) is 27.4 Å². The summed E-state index contributed by atoms with van der Waals surface area (Å²) in [5.74, 6) is -2.41. The monoisotopic (exact) mass is 243 g/mol. The fourth-order valence-corrected chi connectivity index (χ4v) is 0.514. The number of rotatable bonds is 0. The molecule has 15 heavy (non-hydrogen) atoms. The summed E-state index contributed by atoms with van der Waals surface area (Å²) in [7, 11) is 0. The zero-order valence-corrected chi connectivity index (χ0v) is 7.75. The number of alkyl halides is 3. The van der Waals surface area contributed by atoms with Crippen molar-refractivity contribution in [2.75, 3.05) is 5.73 Å². The molecule has 9 heteroatoms. The van der Waals surface area contributed by atoms with E-state index in [0.717, 1.165) is 0 Å². The Bertz CT molecular complexity index is 327. The number of hydrogen-bond acceptors (Lipinski definition) is 4. The molecule has 0 atom stereocenters. The predicted molar refractivity (Wildman–Crippen MR) is 45.1 cm³/mol. The quantitative estimate of drug-likeness (QED) is 0.718. The minimum Gasteiger partial charge on any atom is -0.475 e. The zero-order valence-electron chi connectivity index (χ0n) is 6.99. The second-order valence-electron chi connectivity index (χ2n) is 2.10. The Balaban J connectivity index is 0.000000265. The second kappa shape index (κ2) is 5.35. The maximum absolute atomic E-state index is 10.6. The number of hydrogen-bond donors (Lipinski definition) is 2. The van der Waals surface area contributed by atoms with Crippen molar-refractivity contribution in [2.24, 2.45) is 0 Å². The van der Waals surface area contributed by atoms with Gasteiger partial charge in [-0.2, -0.15) is 18.3 Å². The summed E-state index contributed by atoms with van der Waals surface area (Å²) in [5.41, 5.74) is 5.20. The molecule has 0 amide bonds. The van der Waals surface area contributed by atoms with Crippen LogP contribution in [0.15, 0.2) is 12.3 Å². The van der Waals surface area contributed by atoms with Crippen molar-refractivity contribution in [1.29, 1.82) is 0 Å². The first kappa shape index (κ1) is 13.4. The van der Waals surface area contributed by atoms with Crippen molar-refractivity contribution in [1.82, 2.24) is 10.2 Å². The topological polar surface area (TPSA) is 89.1 Å². The number of aliphatic carboxylic acids is 1. The Morgan fingerprint density at radius 1 is 1.53 bits per heavy atom. The summed E-state index contributed by atoms with van der Waals surface area (Å²) in [5, 5.41) is 14.6. The maximum Gasteiger partial charge on any atom is 0.490 e. The fourth-order valence-electron chi connectivity index (χ4n) is 0.358. The van der Waals surface area contributed by atoms with Gasteiger partial charge in [0.25, 0.3) is 0 Å². The van der Waals surface area contributed by atoms with E-state index in [1.165, 1.54) is 12.3 Å². The highest BCUT2D eigenvalue weighted by Gasteiger charge is 2.38. The van der Waals surface area contributed by atoms with Gasteiger partial charge in [-0.05, 0) is 0 Å². The number of carboxylic acids is 1. The van der Waals surface area contributed by atoms with Crippen LogP contribution in [0.25, 0.3) is 0 Å².